The maximum Gasteiger partial charge on any atom is 2.00 e. The third-order valence-corrected chi connectivity index (χ3v) is 7.52. The smallest absolute Gasteiger partial charge is 1.00 e. The number of hydrazone groups is 1. The average Bonchev–Trinajstić information content (AvgIpc) is 3.10. The fourth-order valence-electron chi connectivity index (χ4n) is 3.41. The molecule has 0 aliphatic carbocycles. The van der Waals surface area contributed by atoms with E-state index >= 15 is 0 Å². The second-order valence-corrected chi connectivity index (χ2v) is 11.6. The summed E-state index contributed by atoms with van der Waals surface area (Å²) < 4.78 is 0. The molecule has 1 N–H and O–H groups in total. The van der Waals surface area contributed by atoms with Crippen LogP contribution >= 0.6 is 35.3 Å². The van der Waals surface area contributed by atoms with Crippen molar-refractivity contribution in [1.82, 2.24) is 35.8 Å². The molecular weight excluding hydrogens is 723 g/mol. The molecule has 0 spiro atoms. The number of hydrogen-bond donors (Lipinski definition) is 1. The second-order valence-electron chi connectivity index (χ2n) is 9.28. The number of rotatable bonds is 4. The van der Waals surface area contributed by atoms with Crippen molar-refractivity contribution in [2.45, 2.75) is 37.1 Å². The Hall–Kier alpha value is -2.88. The standard InChI is InChI=1S/C11H13N3S.C11H11N3S.C7H7.C4H5N3S.BrH.Mg/c2*1-8-3-5-9(6-4-8)10-7-12-14-11(13-10)15-2;1-7-5-3-2-4-6-7;1-8-4-5-2-3-6-7-4;;/h3-7,10H,1-2H3,(H,13,14);3-7H,1-2H3;3-6H,1H3;2-3H,1H3;1H;/q;;-1;;;+2/p-1. The normalized spacial score (nSPS) is 12.4. The van der Waals surface area contributed by atoms with Crippen molar-refractivity contribution in [3.05, 3.63) is 120 Å². The van der Waals surface area contributed by atoms with Gasteiger partial charge >= 0.3 is 23.1 Å². The van der Waals surface area contributed by atoms with Gasteiger partial charge in [-0.15, -0.1) is 10.2 Å². The summed E-state index contributed by atoms with van der Waals surface area (Å²) in [5.41, 5.74) is 9.78. The Morgan fingerprint density at radius 2 is 1.30 bits per heavy atom. The molecule has 1 atom stereocenters. The van der Waals surface area contributed by atoms with E-state index in [0.717, 1.165) is 16.4 Å². The van der Waals surface area contributed by atoms with Gasteiger partial charge in [0.1, 0.15) is 6.04 Å². The van der Waals surface area contributed by atoms with Gasteiger partial charge in [0.15, 0.2) is 5.17 Å². The van der Waals surface area contributed by atoms with Gasteiger partial charge in [-0.05, 0) is 38.2 Å². The summed E-state index contributed by atoms with van der Waals surface area (Å²) in [4.78, 5) is 12.8. The predicted octanol–water partition coefficient (Wildman–Crippen LogP) is 3.92. The van der Waals surface area contributed by atoms with Crippen LogP contribution in [0.2, 0.25) is 0 Å². The summed E-state index contributed by atoms with van der Waals surface area (Å²) in [5, 5.41) is 21.5. The molecule has 1 aliphatic rings. The van der Waals surface area contributed by atoms with Crippen LogP contribution in [0.5, 0.6) is 0 Å². The molecule has 0 amide bonds. The summed E-state index contributed by atoms with van der Waals surface area (Å²) >= 11 is 4.55. The Bertz CT molecular complexity index is 1610. The van der Waals surface area contributed by atoms with Crippen molar-refractivity contribution < 1.29 is 17.0 Å². The number of aromatic nitrogens is 6. The molecule has 0 saturated carbocycles. The molecule has 5 aromatic rings. The number of nitrogens with one attached hydrogen (secondary N) is 1. The molecule has 0 radical (unpaired) electrons. The zero-order valence-corrected chi connectivity index (χ0v) is 32.7. The van der Waals surface area contributed by atoms with E-state index in [-0.39, 0.29) is 46.1 Å². The topological polar surface area (TPSA) is 114 Å². The number of thioether (sulfide) groups is 3. The molecule has 1 unspecified atom stereocenters. The van der Waals surface area contributed by atoms with Crippen LogP contribution in [0.1, 0.15) is 28.3 Å². The molecule has 1 aliphatic heterocycles. The molecule has 6 rings (SSSR count). The van der Waals surface area contributed by atoms with Crippen molar-refractivity contribution in [2.75, 3.05) is 18.8 Å². The first kappa shape index (κ1) is 42.1. The van der Waals surface area contributed by atoms with E-state index in [1.807, 2.05) is 61.4 Å². The maximum absolute atomic E-state index is 4.52. The van der Waals surface area contributed by atoms with Gasteiger partial charge in [0.05, 0.1) is 30.5 Å². The van der Waals surface area contributed by atoms with Crippen molar-refractivity contribution in [1.29, 1.82) is 0 Å². The van der Waals surface area contributed by atoms with E-state index in [2.05, 4.69) is 109 Å². The predicted molar refractivity (Wildman–Crippen MR) is 196 cm³/mol. The summed E-state index contributed by atoms with van der Waals surface area (Å²) in [6.07, 6.45) is 12.5. The zero-order valence-electron chi connectivity index (χ0n) is 27.2. The molecule has 0 fully saturated rings. The fraction of sp³-hybridized carbons (Fsp3) is 0.212. The molecule has 9 nitrogen and oxygen atoms in total. The summed E-state index contributed by atoms with van der Waals surface area (Å²) in [5.74, 6) is 0. The van der Waals surface area contributed by atoms with Gasteiger partial charge in [-0.2, -0.15) is 51.2 Å². The van der Waals surface area contributed by atoms with Gasteiger partial charge in [0.25, 0.3) is 0 Å². The number of aryl methyl sites for hydroxylation is 3. The largest absolute Gasteiger partial charge is 2.00 e. The minimum Gasteiger partial charge on any atom is -1.00 e. The average molecular weight is 759 g/mol. The van der Waals surface area contributed by atoms with Crippen molar-refractivity contribution in [2.24, 2.45) is 10.1 Å². The number of benzene rings is 3. The van der Waals surface area contributed by atoms with Crippen LogP contribution in [-0.4, -0.2) is 83.6 Å². The summed E-state index contributed by atoms with van der Waals surface area (Å²) in [6.45, 7) is 6.21. The van der Waals surface area contributed by atoms with Crippen LogP contribution in [0, 0.1) is 26.8 Å². The van der Waals surface area contributed by atoms with Gasteiger partial charge in [0.2, 0.25) is 10.3 Å². The summed E-state index contributed by atoms with van der Waals surface area (Å²) in [6, 6.07) is 27.5. The van der Waals surface area contributed by atoms with Crippen LogP contribution in [0.3, 0.4) is 0 Å². The molecule has 0 bridgehead atoms. The molecule has 0 saturated heterocycles. The van der Waals surface area contributed by atoms with Gasteiger partial charge in [-0.25, -0.2) is 15.0 Å². The first-order valence-corrected chi connectivity index (χ1v) is 17.5. The van der Waals surface area contributed by atoms with Crippen molar-refractivity contribution >= 4 is 69.7 Å². The number of aliphatic imine (C=N–C) groups is 1. The first-order chi connectivity index (χ1) is 21.9. The van der Waals surface area contributed by atoms with Crippen LogP contribution < -0.4 is 22.4 Å². The van der Waals surface area contributed by atoms with E-state index < -0.39 is 0 Å². The third-order valence-electron chi connectivity index (χ3n) is 5.84. The van der Waals surface area contributed by atoms with Gasteiger partial charge in [0, 0.05) is 5.56 Å². The first-order valence-electron chi connectivity index (χ1n) is 13.8. The van der Waals surface area contributed by atoms with E-state index in [1.165, 1.54) is 45.8 Å². The monoisotopic (exact) mass is 757 g/mol. The summed E-state index contributed by atoms with van der Waals surface area (Å²) in [7, 11) is 0. The second kappa shape index (κ2) is 24.3. The van der Waals surface area contributed by atoms with Crippen LogP contribution in [-0.2, 0) is 0 Å². The number of nitrogens with zero attached hydrogens (tertiary/aromatic N) is 8. The molecular formula is C33H36BrMgN9S3. The number of hydrogen-bond acceptors (Lipinski definition) is 12. The maximum atomic E-state index is 4.52. The Balaban J connectivity index is 0.000000324. The van der Waals surface area contributed by atoms with Crippen LogP contribution in [0.4, 0.5) is 0 Å². The molecule has 14 heteroatoms. The number of amidine groups is 1. The van der Waals surface area contributed by atoms with Crippen LogP contribution in [0.15, 0.2) is 112 Å². The minimum absolute atomic E-state index is 0. The molecule has 3 aromatic carbocycles. The molecule has 240 valence electrons. The Morgan fingerprint density at radius 1 is 0.702 bits per heavy atom. The van der Waals surface area contributed by atoms with Crippen LogP contribution in [0.25, 0.3) is 11.3 Å². The molecule has 2 aromatic heterocycles. The van der Waals surface area contributed by atoms with E-state index in [1.54, 1.807) is 30.4 Å². The van der Waals surface area contributed by atoms with Crippen molar-refractivity contribution in [3.8, 4) is 11.3 Å². The Labute approximate surface area is 317 Å². The van der Waals surface area contributed by atoms with Gasteiger partial charge in [-0.3, -0.25) is 5.43 Å². The third kappa shape index (κ3) is 16.2. The van der Waals surface area contributed by atoms with E-state index in [0.29, 0.717) is 10.3 Å². The van der Waals surface area contributed by atoms with E-state index in [4.69, 9.17) is 0 Å². The minimum atomic E-state index is 0. The zero-order chi connectivity index (χ0) is 32.3. The quantitative estimate of drug-likeness (QED) is 0.165. The van der Waals surface area contributed by atoms with Crippen molar-refractivity contribution in [3.63, 3.8) is 0 Å². The van der Waals surface area contributed by atoms with Gasteiger partial charge < -0.3 is 17.0 Å². The van der Waals surface area contributed by atoms with Gasteiger partial charge in [-0.1, -0.05) is 102 Å². The molecule has 47 heavy (non-hydrogen) atoms. The van der Waals surface area contributed by atoms with E-state index in [9.17, 15) is 0 Å². The SMILES string of the molecule is CSC1=NC(c2ccc(C)cc2)C=NN1.CSc1nccnn1.CSc1nncc(-c2ccc(C)cc2)n1.Cc1cc[c-]cc1.[Br-].[Mg+2]. The number of halogens is 1. The molecule has 3 heterocycles. The Kier molecular flexibility index (Phi) is 21.8. The Morgan fingerprint density at radius 3 is 1.81 bits per heavy atom. The fourth-order valence-corrected chi connectivity index (χ4v) is 4.39.